The fourth-order valence-electron chi connectivity index (χ4n) is 16.2. The number of rotatable bonds is 14. The van der Waals surface area contributed by atoms with Gasteiger partial charge in [0.15, 0.2) is 25.0 Å². The number of carboxylic acid groups (broad SMARTS) is 1. The minimum absolute atomic E-state index is 0.0849. The Balaban J connectivity index is 1.12. The Bertz CT molecular complexity index is 2290. The van der Waals surface area contributed by atoms with E-state index in [1.807, 2.05) is 20.8 Å². The van der Waals surface area contributed by atoms with Gasteiger partial charge in [0.1, 0.15) is 79.4 Å². The third kappa shape index (κ3) is 9.94. The van der Waals surface area contributed by atoms with Gasteiger partial charge in [-0.05, 0) is 92.8 Å². The number of hydrogen-bond acceptors (Lipinski definition) is 23. The van der Waals surface area contributed by atoms with Crippen LogP contribution in [0.4, 0.5) is 0 Å². The van der Waals surface area contributed by atoms with E-state index >= 15 is 0 Å². The molecule has 3 aliphatic heterocycles. The second kappa shape index (κ2) is 22.6. The Kier molecular flexibility index (Phi) is 17.8. The van der Waals surface area contributed by atoms with Crippen molar-refractivity contribution in [3.05, 3.63) is 23.3 Å². The van der Waals surface area contributed by atoms with Crippen LogP contribution < -0.4 is 0 Å². The van der Waals surface area contributed by atoms with Crippen LogP contribution in [-0.4, -0.2) is 227 Å². The first-order valence-electron chi connectivity index (χ1n) is 27.7. The summed E-state index contributed by atoms with van der Waals surface area (Å²) >= 11 is 0. The van der Waals surface area contributed by atoms with Gasteiger partial charge in [0, 0.05) is 23.3 Å². The second-order valence-electron chi connectivity index (χ2n) is 25.5. The molecule has 3 heterocycles. The van der Waals surface area contributed by atoms with Crippen LogP contribution in [0.25, 0.3) is 0 Å². The summed E-state index contributed by atoms with van der Waals surface area (Å²) in [4.78, 5) is 39.5. The molecule has 13 N–H and O–H groups in total. The first-order chi connectivity index (χ1) is 36.9. The first-order valence-corrected chi connectivity index (χ1v) is 27.7. The number of aliphatic hydroxyl groups is 12. The maximum Gasteiger partial charge on any atom is 0.335 e. The van der Waals surface area contributed by atoms with Gasteiger partial charge in [-0.3, -0.25) is 4.79 Å². The number of carboxylic acids is 1. The molecule has 24 nitrogen and oxygen atoms in total. The van der Waals surface area contributed by atoms with E-state index in [4.69, 9.17) is 37.9 Å². The third-order valence-corrected chi connectivity index (χ3v) is 21.1. The standard InChI is InChI=1S/C55H86O24/c1-10-23(2)46(71)79-43-44(72-24(3)60)55(22-59)26(17-50(43,4)5)25-11-12-30-51(6)15-14-32(52(7,21-58)29(51)13-16-53(30,8)54(25,9)18-31(55)61)75-49-41(77-48-38(67)36(65)34(63)28(20-57)74-48)39(68)40(42(78-49)45(69)70)76-47-37(66)35(64)33(62)27(19-56)73-47/h10-11,26-44,47-49,56-59,61-68H,12-22H2,1-9H3,(H,69,70)/b23-10-/t26?,27-,28-,29?,30?,31-,32?,33-,34-,35+,36+,37-,38-,39+,40+,41-,42+,43+,44+,47+,48+,49-,51+,52-,53-,54-,55+/m1/s1. The van der Waals surface area contributed by atoms with Gasteiger partial charge >= 0.3 is 17.9 Å². The molecule has 0 radical (unpaired) electrons. The molecule has 79 heavy (non-hydrogen) atoms. The molecule has 27 atom stereocenters. The lowest BCUT2D eigenvalue weighted by atomic mass is 9.33. The van der Waals surface area contributed by atoms with E-state index in [1.54, 1.807) is 19.9 Å². The lowest BCUT2D eigenvalue weighted by molar-refractivity contribution is -0.392. The normalized spacial score (nSPS) is 50.6. The summed E-state index contributed by atoms with van der Waals surface area (Å²) in [5.74, 6) is -3.88. The van der Waals surface area contributed by atoms with Gasteiger partial charge in [0.25, 0.3) is 0 Å². The smallest absolute Gasteiger partial charge is 0.335 e. The number of esters is 2. The van der Waals surface area contributed by atoms with Crippen LogP contribution in [0.1, 0.15) is 107 Å². The highest BCUT2D eigenvalue weighted by Gasteiger charge is 2.74. The maximum absolute atomic E-state index is 13.4. The largest absolute Gasteiger partial charge is 0.479 e. The molecule has 8 aliphatic rings. The number of carbonyl (C=O) groups is 3. The van der Waals surface area contributed by atoms with Crippen LogP contribution in [0, 0.1) is 50.2 Å². The predicted molar refractivity (Wildman–Crippen MR) is 269 cm³/mol. The topological polar surface area (TPSA) is 388 Å². The zero-order valence-corrected chi connectivity index (χ0v) is 46.4. The van der Waals surface area contributed by atoms with Crippen molar-refractivity contribution in [2.75, 3.05) is 26.4 Å². The second-order valence-corrected chi connectivity index (χ2v) is 25.5. The molecule has 24 heteroatoms. The van der Waals surface area contributed by atoms with Gasteiger partial charge < -0.3 is 104 Å². The fraction of sp³-hybridized carbons (Fsp3) is 0.873. The number of hydrogen-bond donors (Lipinski definition) is 13. The zero-order valence-electron chi connectivity index (χ0n) is 46.4. The molecule has 0 aromatic carbocycles. The monoisotopic (exact) mass is 1130 g/mol. The van der Waals surface area contributed by atoms with E-state index in [0.29, 0.717) is 37.7 Å². The number of allylic oxidation sites excluding steroid dienone is 3. The van der Waals surface area contributed by atoms with Crippen molar-refractivity contribution in [3.63, 3.8) is 0 Å². The fourth-order valence-corrected chi connectivity index (χ4v) is 16.2. The van der Waals surface area contributed by atoms with Crippen LogP contribution >= 0.6 is 0 Å². The van der Waals surface area contributed by atoms with Crippen molar-refractivity contribution in [1.82, 2.24) is 0 Å². The SMILES string of the molecule is C/C=C(/C)C(=O)O[C@H]1[C@H](OC(C)=O)[C@@]2(CO)C(CC1(C)C)C1=CCC3[C@@]4(C)CCC(O[C@@H]5O[C@H](C(=O)O)[C@@H](O[C@@H]6O[C@H](CO)[C@@H](O)[C@H](O)[C@H]6O)[C@H](O)[C@H]5O[C@@H]5O[C@H](CO)[C@@H](O)[C@H](O)[C@H]5O)[C@](C)(CO)C4CC[C@@]3(C)[C@]1(C)C[C@H]2O. The van der Waals surface area contributed by atoms with Crippen molar-refractivity contribution in [3.8, 4) is 0 Å². The zero-order chi connectivity index (χ0) is 58.4. The maximum atomic E-state index is 13.4. The molecular formula is C55H86O24. The van der Waals surface area contributed by atoms with Gasteiger partial charge in [-0.25, -0.2) is 9.59 Å². The van der Waals surface area contributed by atoms with Gasteiger partial charge in [0.05, 0.1) is 44.1 Å². The highest BCUT2D eigenvalue weighted by Crippen LogP contribution is 2.76. The minimum atomic E-state index is -2.18. The lowest BCUT2D eigenvalue weighted by Crippen LogP contribution is -2.72. The van der Waals surface area contributed by atoms with Crippen molar-refractivity contribution in [2.45, 2.75) is 224 Å². The molecule has 0 amide bonds. The molecule has 0 bridgehead atoms. The van der Waals surface area contributed by atoms with E-state index in [9.17, 15) is 80.8 Å². The number of fused-ring (bicyclic) bond motifs is 7. The highest BCUT2D eigenvalue weighted by molar-refractivity contribution is 5.87. The van der Waals surface area contributed by atoms with Crippen LogP contribution in [0.3, 0.4) is 0 Å². The summed E-state index contributed by atoms with van der Waals surface area (Å²) in [5, 5.41) is 143. The molecule has 5 aliphatic carbocycles. The summed E-state index contributed by atoms with van der Waals surface area (Å²) in [5.41, 5.74) is -3.78. The summed E-state index contributed by atoms with van der Waals surface area (Å²) in [6, 6.07) is 0. The molecule has 4 unspecified atom stereocenters. The average Bonchev–Trinajstić information content (AvgIpc) is 3.25. The van der Waals surface area contributed by atoms with Gasteiger partial charge in [-0.15, -0.1) is 0 Å². The van der Waals surface area contributed by atoms with Crippen LogP contribution in [0.15, 0.2) is 23.3 Å². The Hall–Kier alpha value is -2.83. The molecule has 0 aromatic heterocycles. The van der Waals surface area contributed by atoms with Crippen molar-refractivity contribution in [1.29, 1.82) is 0 Å². The summed E-state index contributed by atoms with van der Waals surface area (Å²) in [7, 11) is 0. The van der Waals surface area contributed by atoms with E-state index in [0.717, 1.165) is 5.57 Å². The number of carbonyl (C=O) groups excluding carboxylic acids is 2. The molecule has 0 spiro atoms. The molecule has 450 valence electrons. The number of aliphatic hydroxyl groups excluding tert-OH is 12. The van der Waals surface area contributed by atoms with Gasteiger partial charge in [-0.2, -0.15) is 0 Å². The molecule has 8 rings (SSSR count). The lowest BCUT2D eigenvalue weighted by Gasteiger charge is -2.72. The molecule has 3 saturated heterocycles. The van der Waals surface area contributed by atoms with E-state index in [2.05, 4.69) is 26.8 Å². The molecule has 4 saturated carbocycles. The number of aliphatic carboxylic acids is 1. The first kappa shape index (κ1) is 62.2. The Labute approximate surface area is 459 Å². The summed E-state index contributed by atoms with van der Waals surface area (Å²) in [6.45, 7) is 14.1. The Morgan fingerprint density at radius 1 is 0.658 bits per heavy atom. The molecule has 7 fully saturated rings. The summed E-state index contributed by atoms with van der Waals surface area (Å²) < 4.78 is 48.2. The summed E-state index contributed by atoms with van der Waals surface area (Å²) in [6.07, 6.45) is -26.5. The highest BCUT2D eigenvalue weighted by atomic mass is 16.8. The minimum Gasteiger partial charge on any atom is -0.479 e. The van der Waals surface area contributed by atoms with E-state index < -0.39 is 199 Å². The Morgan fingerprint density at radius 3 is 1.76 bits per heavy atom. The van der Waals surface area contributed by atoms with E-state index in [1.165, 1.54) is 6.92 Å². The quantitative estimate of drug-likeness (QED) is 0.0415. The van der Waals surface area contributed by atoms with Crippen molar-refractivity contribution >= 4 is 17.9 Å². The molecule has 0 aromatic rings. The molecular weight excluding hydrogens is 1040 g/mol. The Morgan fingerprint density at radius 2 is 1.24 bits per heavy atom. The van der Waals surface area contributed by atoms with Crippen molar-refractivity contribution in [2.24, 2.45) is 50.2 Å². The van der Waals surface area contributed by atoms with Crippen molar-refractivity contribution < 1.29 is 119 Å². The predicted octanol–water partition coefficient (Wildman–Crippen LogP) is -1.32. The van der Waals surface area contributed by atoms with Crippen LogP contribution in [0.2, 0.25) is 0 Å². The van der Waals surface area contributed by atoms with Gasteiger partial charge in [-0.1, -0.05) is 59.3 Å². The number of ether oxygens (including phenoxy) is 8. The average molecular weight is 1130 g/mol. The van der Waals surface area contributed by atoms with E-state index in [-0.39, 0.29) is 24.7 Å². The van der Waals surface area contributed by atoms with Crippen LogP contribution in [0.5, 0.6) is 0 Å². The van der Waals surface area contributed by atoms with Gasteiger partial charge in [0.2, 0.25) is 0 Å². The third-order valence-electron chi connectivity index (χ3n) is 21.1. The van der Waals surface area contributed by atoms with Crippen LogP contribution in [-0.2, 0) is 52.3 Å².